The van der Waals surface area contributed by atoms with Crippen molar-refractivity contribution in [2.24, 2.45) is 0 Å². The molecule has 0 aromatic heterocycles. The summed E-state index contributed by atoms with van der Waals surface area (Å²) < 4.78 is 10.4. The van der Waals surface area contributed by atoms with Gasteiger partial charge in [-0.2, -0.15) is 0 Å². The Morgan fingerprint density at radius 3 is 1.84 bits per heavy atom. The fourth-order valence-corrected chi connectivity index (χ4v) is 3.98. The third kappa shape index (κ3) is 14.2. The number of rotatable bonds is 18. The van der Waals surface area contributed by atoms with Gasteiger partial charge in [0, 0.05) is 23.9 Å². The van der Waals surface area contributed by atoms with Crippen LogP contribution in [0.1, 0.15) is 103 Å². The number of benzene rings is 1. The number of carbonyl (C=O) groups excluding carboxylic acids is 2. The number of esters is 2. The Morgan fingerprint density at radius 1 is 0.719 bits per heavy atom. The Labute approximate surface area is 208 Å². The quantitative estimate of drug-likeness (QED) is 0.0860. The molecule has 32 heavy (non-hydrogen) atoms. The van der Waals surface area contributed by atoms with Gasteiger partial charge in [-0.1, -0.05) is 112 Å². The molecule has 0 spiro atoms. The van der Waals surface area contributed by atoms with E-state index in [2.05, 4.69) is 6.92 Å². The van der Waals surface area contributed by atoms with Gasteiger partial charge in [-0.15, -0.1) is 0 Å². The van der Waals surface area contributed by atoms with Gasteiger partial charge in [0.2, 0.25) is 0 Å². The second-order valence-electron chi connectivity index (χ2n) is 8.14. The van der Waals surface area contributed by atoms with Crippen molar-refractivity contribution in [3.63, 3.8) is 0 Å². The molecule has 0 aliphatic rings. The summed E-state index contributed by atoms with van der Waals surface area (Å²) >= 11 is 17.8. The molecule has 1 rings (SSSR count). The van der Waals surface area contributed by atoms with E-state index < -0.39 is 5.97 Å². The summed E-state index contributed by atoms with van der Waals surface area (Å²) in [5, 5.41) is 0.665. The average molecular weight is 508 g/mol. The predicted molar refractivity (Wildman–Crippen MR) is 133 cm³/mol. The molecule has 0 saturated carbocycles. The number of unbranched alkanes of at least 4 members (excludes halogenated alkanes) is 11. The van der Waals surface area contributed by atoms with Gasteiger partial charge >= 0.3 is 11.9 Å². The van der Waals surface area contributed by atoms with Crippen LogP contribution in [0.5, 0.6) is 5.75 Å². The lowest BCUT2D eigenvalue weighted by Gasteiger charge is -2.08. The van der Waals surface area contributed by atoms with Crippen molar-refractivity contribution in [1.29, 1.82) is 0 Å². The molecule has 0 bridgehead atoms. The van der Waals surface area contributed by atoms with Crippen molar-refractivity contribution in [1.82, 2.24) is 0 Å². The number of ether oxygens (including phenoxy) is 2. The Morgan fingerprint density at radius 2 is 1.25 bits per heavy atom. The smallest absolute Gasteiger partial charge is 0.311 e. The molecule has 0 unspecified atom stereocenters. The van der Waals surface area contributed by atoms with E-state index >= 15 is 0 Å². The minimum atomic E-state index is -0.501. The number of hydrogen-bond donors (Lipinski definition) is 0. The summed E-state index contributed by atoms with van der Waals surface area (Å²) in [6.07, 6.45) is 15.8. The SMILES string of the molecule is CCCCCCCCCCCCCCOC(=O)CCCC(=O)Oc1cc(Cl)cc(Cl)c1Cl. The molecule has 1 aromatic rings. The van der Waals surface area contributed by atoms with Crippen LogP contribution in [0.3, 0.4) is 0 Å². The van der Waals surface area contributed by atoms with E-state index in [1.807, 2.05) is 0 Å². The van der Waals surface area contributed by atoms with Gasteiger partial charge in [0.15, 0.2) is 5.75 Å². The van der Waals surface area contributed by atoms with Gasteiger partial charge in [-0.05, 0) is 18.9 Å². The maximum absolute atomic E-state index is 11.9. The molecule has 7 heteroatoms. The number of carbonyl (C=O) groups is 2. The molecule has 0 N–H and O–H groups in total. The Bertz CT molecular complexity index is 679. The first-order chi connectivity index (χ1) is 15.4. The lowest BCUT2D eigenvalue weighted by molar-refractivity contribution is -0.144. The first kappa shape index (κ1) is 29.1. The highest BCUT2D eigenvalue weighted by molar-refractivity contribution is 6.44. The lowest BCUT2D eigenvalue weighted by atomic mass is 10.1. The summed E-state index contributed by atoms with van der Waals surface area (Å²) in [6.45, 7) is 2.69. The van der Waals surface area contributed by atoms with E-state index in [1.54, 1.807) is 0 Å². The molecule has 0 aliphatic carbocycles. The fraction of sp³-hybridized carbons (Fsp3) is 0.680. The molecule has 0 atom stereocenters. The molecular weight excluding hydrogens is 471 g/mol. The van der Waals surface area contributed by atoms with Crippen molar-refractivity contribution >= 4 is 46.7 Å². The van der Waals surface area contributed by atoms with E-state index in [4.69, 9.17) is 44.3 Å². The molecular formula is C25H37Cl3O4. The van der Waals surface area contributed by atoms with Crippen molar-refractivity contribution in [2.45, 2.75) is 103 Å². The lowest BCUT2D eigenvalue weighted by Crippen LogP contribution is -2.11. The van der Waals surface area contributed by atoms with Gasteiger partial charge in [0.1, 0.15) is 5.02 Å². The van der Waals surface area contributed by atoms with Crippen molar-refractivity contribution in [3.05, 3.63) is 27.2 Å². The maximum Gasteiger partial charge on any atom is 0.311 e. The maximum atomic E-state index is 11.9. The average Bonchev–Trinajstić information content (AvgIpc) is 2.75. The summed E-state index contributed by atoms with van der Waals surface area (Å²) in [7, 11) is 0. The molecule has 0 radical (unpaired) electrons. The topological polar surface area (TPSA) is 52.6 Å². The van der Waals surface area contributed by atoms with Crippen molar-refractivity contribution in [2.75, 3.05) is 6.61 Å². The minimum Gasteiger partial charge on any atom is -0.466 e. The molecule has 0 saturated heterocycles. The minimum absolute atomic E-state index is 0.0775. The molecule has 4 nitrogen and oxygen atoms in total. The largest absolute Gasteiger partial charge is 0.466 e. The summed E-state index contributed by atoms with van der Waals surface area (Å²) in [5.74, 6) is -0.674. The van der Waals surface area contributed by atoms with E-state index in [1.165, 1.54) is 76.3 Å². The predicted octanol–water partition coefficient (Wildman–Crippen LogP) is 8.97. The molecule has 0 amide bonds. The highest BCUT2D eigenvalue weighted by Crippen LogP contribution is 2.35. The zero-order valence-corrected chi connectivity index (χ0v) is 21.5. The zero-order chi connectivity index (χ0) is 23.6. The van der Waals surface area contributed by atoms with Crippen LogP contribution in [0.15, 0.2) is 12.1 Å². The fourth-order valence-electron chi connectivity index (χ4n) is 3.36. The number of hydrogen-bond acceptors (Lipinski definition) is 4. The normalized spacial score (nSPS) is 10.9. The molecule has 182 valence electrons. The monoisotopic (exact) mass is 506 g/mol. The van der Waals surface area contributed by atoms with Crippen molar-refractivity contribution in [3.8, 4) is 5.75 Å². The molecule has 0 aliphatic heterocycles. The van der Waals surface area contributed by atoms with Crippen LogP contribution >= 0.6 is 34.8 Å². The van der Waals surface area contributed by atoms with Crippen LogP contribution in [0.25, 0.3) is 0 Å². The Balaban J connectivity index is 1.97. The van der Waals surface area contributed by atoms with Gasteiger partial charge in [-0.3, -0.25) is 9.59 Å². The van der Waals surface area contributed by atoms with Crippen molar-refractivity contribution < 1.29 is 19.1 Å². The first-order valence-corrected chi connectivity index (χ1v) is 13.1. The highest BCUT2D eigenvalue weighted by Gasteiger charge is 2.13. The summed E-state index contributed by atoms with van der Waals surface area (Å²) in [5.41, 5.74) is 0. The van der Waals surface area contributed by atoms with Crippen LogP contribution in [0, 0.1) is 0 Å². The van der Waals surface area contributed by atoms with Gasteiger partial charge in [-0.25, -0.2) is 0 Å². The van der Waals surface area contributed by atoms with Gasteiger partial charge < -0.3 is 9.47 Å². The summed E-state index contributed by atoms with van der Waals surface area (Å²) in [4.78, 5) is 23.7. The second kappa shape index (κ2) is 18.5. The van der Waals surface area contributed by atoms with Crippen LogP contribution in [0.2, 0.25) is 15.1 Å². The van der Waals surface area contributed by atoms with Crippen LogP contribution in [-0.4, -0.2) is 18.5 Å². The third-order valence-electron chi connectivity index (χ3n) is 5.21. The molecule has 0 heterocycles. The van der Waals surface area contributed by atoms with E-state index in [9.17, 15) is 9.59 Å². The van der Waals surface area contributed by atoms with Gasteiger partial charge in [0.25, 0.3) is 0 Å². The summed E-state index contributed by atoms with van der Waals surface area (Å²) in [6, 6.07) is 2.89. The second-order valence-corrected chi connectivity index (χ2v) is 9.36. The Kier molecular flexibility index (Phi) is 16.8. The van der Waals surface area contributed by atoms with Gasteiger partial charge in [0.05, 0.1) is 11.6 Å². The third-order valence-corrected chi connectivity index (χ3v) is 6.21. The Hall–Kier alpha value is -0.970. The number of halogens is 3. The standard InChI is InChI=1S/C25H37Cl3O4/c1-2-3-4-5-6-7-8-9-10-11-12-13-17-31-23(29)15-14-16-24(30)32-22-19-20(26)18-21(27)25(22)28/h18-19H,2-17H2,1H3. The van der Waals surface area contributed by atoms with E-state index in [0.717, 1.165) is 12.8 Å². The molecule has 1 aromatic carbocycles. The highest BCUT2D eigenvalue weighted by atomic mass is 35.5. The first-order valence-electron chi connectivity index (χ1n) is 11.9. The van der Waals surface area contributed by atoms with Crippen LogP contribution in [0.4, 0.5) is 0 Å². The molecule has 0 fully saturated rings. The zero-order valence-electron chi connectivity index (χ0n) is 19.2. The van der Waals surface area contributed by atoms with E-state index in [-0.39, 0.29) is 34.6 Å². The van der Waals surface area contributed by atoms with Crippen LogP contribution < -0.4 is 4.74 Å². The van der Waals surface area contributed by atoms with Crippen LogP contribution in [-0.2, 0) is 14.3 Å². The van der Waals surface area contributed by atoms with E-state index in [0.29, 0.717) is 18.1 Å².